The average molecular weight is 1270 g/mol. The van der Waals surface area contributed by atoms with E-state index in [9.17, 15) is 52.7 Å². The van der Waals surface area contributed by atoms with Crippen LogP contribution in [0.1, 0.15) is 134 Å². The van der Waals surface area contributed by atoms with Crippen molar-refractivity contribution >= 4 is 87.8 Å². The van der Waals surface area contributed by atoms with Gasteiger partial charge in [-0.25, -0.2) is 14.6 Å². The number of carbonyl (C=O) groups is 12. The maximum atomic E-state index is 15.2. The fourth-order valence-electron chi connectivity index (χ4n) is 12.3. The first kappa shape index (κ1) is 71.4. The van der Waals surface area contributed by atoms with Crippen LogP contribution in [0.3, 0.4) is 0 Å². The van der Waals surface area contributed by atoms with Crippen molar-refractivity contribution in [3.63, 3.8) is 0 Å². The number of nitrogen functional groups attached to an aromatic ring is 1. The van der Waals surface area contributed by atoms with Gasteiger partial charge in [0.2, 0.25) is 52.7 Å². The quantitative estimate of drug-likeness (QED) is 0.121. The van der Waals surface area contributed by atoms with E-state index in [0.717, 1.165) is 9.80 Å². The lowest BCUT2D eigenvalue weighted by Crippen LogP contribution is -2.61. The van der Waals surface area contributed by atoms with Crippen molar-refractivity contribution in [3.8, 4) is 11.5 Å². The van der Waals surface area contributed by atoms with Crippen molar-refractivity contribution in [2.75, 3.05) is 60.1 Å². The summed E-state index contributed by atoms with van der Waals surface area (Å²) in [6.07, 6.45) is -1.65. The molecule has 0 saturated carbocycles. The van der Waals surface area contributed by atoms with E-state index < -0.39 is 191 Å². The molecule has 0 bridgehead atoms. The third-order valence-corrected chi connectivity index (χ3v) is 17.5. The Labute approximate surface area is 529 Å². The number of fused-ring (bicyclic) bond motifs is 4. The Hall–Kier alpha value is -8.72. The lowest BCUT2D eigenvalue weighted by Gasteiger charge is -2.36. The van der Waals surface area contributed by atoms with Gasteiger partial charge in [0.15, 0.2) is 11.3 Å². The number of anilines is 1. The first-order valence-corrected chi connectivity index (χ1v) is 30.5. The van der Waals surface area contributed by atoms with Crippen LogP contribution in [0.4, 0.5) is 5.69 Å². The number of ether oxygens (including phenoxy) is 2. The summed E-state index contributed by atoms with van der Waals surface area (Å²) in [4.78, 5) is 199. The van der Waals surface area contributed by atoms with E-state index in [-0.39, 0.29) is 61.3 Å². The summed E-state index contributed by atoms with van der Waals surface area (Å²) in [6, 6.07) is -7.90. The highest BCUT2D eigenvalue weighted by Crippen LogP contribution is 2.35. The molecule has 0 radical (unpaired) electrons. The Kier molecular flexibility index (Phi) is 22.4. The van der Waals surface area contributed by atoms with Crippen LogP contribution in [-0.2, 0) is 57.4 Å². The summed E-state index contributed by atoms with van der Waals surface area (Å²) in [5.41, 5.74) is 3.57. The SMILES string of the molecule is C.Cc1c2oc3c(C)ccc(C(=O)NC4C(=O)NC(C(C)C)C(=O)N5CCCC5C(=O)N(C)CC(=O)N(C)C(C(C)C)C(=O)OC4C)c3nc-2c(C(=O)NC2C(=O)NC(C(C)C)C(=O)N3CCCC3C(=O)N(C)CC(=O)N(C)C(C(C)C)C(=O)OC2C)c(N)c1=O. The number of rotatable bonds is 8. The van der Waals surface area contributed by atoms with Gasteiger partial charge < -0.3 is 70.3 Å². The maximum absolute atomic E-state index is 15.2. The first-order chi connectivity index (χ1) is 42.1. The van der Waals surface area contributed by atoms with Gasteiger partial charge in [-0.1, -0.05) is 68.9 Å². The van der Waals surface area contributed by atoms with Crippen LogP contribution in [-0.4, -0.2) is 220 Å². The summed E-state index contributed by atoms with van der Waals surface area (Å²) >= 11 is 0. The molecule has 5 aliphatic heterocycles. The second-order valence-corrected chi connectivity index (χ2v) is 25.5. The van der Waals surface area contributed by atoms with Crippen LogP contribution in [0.15, 0.2) is 21.3 Å². The topological polar surface area (TPSA) is 360 Å². The first-order valence-electron chi connectivity index (χ1n) is 30.5. The summed E-state index contributed by atoms with van der Waals surface area (Å²) in [6.45, 7) is 18.4. The van der Waals surface area contributed by atoms with Crippen LogP contribution >= 0.6 is 0 Å². The molecule has 10 unspecified atom stereocenters. The molecule has 10 atom stereocenters. The zero-order valence-electron chi connectivity index (χ0n) is 54.1. The Bertz CT molecular complexity index is 3420. The van der Waals surface area contributed by atoms with Gasteiger partial charge in [0.05, 0.1) is 29.9 Å². The standard InChI is InChI=1S/C62H86N12O16.CH4/c1-27(2)42-59(84)73-23-17-19-36(73)57(82)69(13)25-38(75)71(15)48(29(5)6)61(86)88-33(11)44(55(80)65-42)67-53(78)35-22-21-31(9)51-46(35)64-47-40(41(63)50(77)32(10)52(47)90-51)54(79)68-45-34(12)89-62(87)49(30(7)8)72(16)39(76)26-70(14)58(83)37-20-18-24-74(37)60(85)43(28(3)4)66-56(45)81;/h21-22,27-30,33-34,36-37,42-45,48-49H,17-20,23-26,63H2,1-16H3,(H,65,80)(H,66,81)(H,67,78)(H,68,79);1H4. The van der Waals surface area contributed by atoms with E-state index in [0.29, 0.717) is 18.4 Å². The number of hydrogen-bond acceptors (Lipinski definition) is 18. The fraction of sp³-hybridized carbons (Fsp3) is 0.619. The van der Waals surface area contributed by atoms with Crippen LogP contribution in [0.2, 0.25) is 0 Å². The zero-order valence-corrected chi connectivity index (χ0v) is 54.1. The third kappa shape index (κ3) is 14.4. The number of amides is 10. The van der Waals surface area contributed by atoms with Gasteiger partial charge in [-0.05, 0) is 88.7 Å². The molecule has 0 spiro atoms. The predicted octanol–water partition coefficient (Wildman–Crippen LogP) is 1.36. The molecule has 0 aromatic heterocycles. The van der Waals surface area contributed by atoms with Crippen LogP contribution in [0, 0.1) is 37.5 Å². The lowest BCUT2D eigenvalue weighted by atomic mass is 9.98. The molecule has 1 aromatic rings. The molecular formula is C63H90N12O16. The number of aryl methyl sites for hydroxylation is 1. The second kappa shape index (κ2) is 28.6. The Morgan fingerprint density at radius 2 is 1.03 bits per heavy atom. The molecule has 10 amide bonds. The van der Waals surface area contributed by atoms with Gasteiger partial charge in [-0.2, -0.15) is 0 Å². The number of likely N-dealkylation sites (N-methyl/N-ethyl adjacent to an activating group) is 4. The molecule has 6 N–H and O–H groups in total. The van der Waals surface area contributed by atoms with Crippen LogP contribution in [0.5, 0.6) is 0 Å². The van der Waals surface area contributed by atoms with E-state index in [2.05, 4.69) is 21.3 Å². The van der Waals surface area contributed by atoms with E-state index in [1.807, 2.05) is 0 Å². The molecule has 1 aromatic carbocycles. The minimum Gasteiger partial charge on any atom is -0.458 e. The summed E-state index contributed by atoms with van der Waals surface area (Å²) < 4.78 is 18.3. The number of esters is 2. The smallest absolute Gasteiger partial charge is 0.329 e. The maximum Gasteiger partial charge on any atom is 0.329 e. The van der Waals surface area contributed by atoms with Crippen LogP contribution < -0.4 is 32.4 Å². The van der Waals surface area contributed by atoms with Gasteiger partial charge in [-0.3, -0.25) is 52.7 Å². The van der Waals surface area contributed by atoms with E-state index >= 15 is 9.59 Å². The number of aromatic nitrogens is 1. The molecule has 28 heteroatoms. The van der Waals surface area contributed by atoms with E-state index in [1.54, 1.807) is 62.3 Å². The van der Waals surface area contributed by atoms with E-state index in [4.69, 9.17) is 24.6 Å². The molecule has 91 heavy (non-hydrogen) atoms. The molecule has 28 nitrogen and oxygen atoms in total. The number of nitrogens with one attached hydrogen (secondary N) is 4. The third-order valence-electron chi connectivity index (χ3n) is 17.5. The number of cyclic esters (lactones) is 2. The second-order valence-electron chi connectivity index (χ2n) is 25.5. The fourth-order valence-corrected chi connectivity index (χ4v) is 12.3. The van der Waals surface area contributed by atoms with E-state index in [1.165, 1.54) is 80.7 Å². The largest absolute Gasteiger partial charge is 0.458 e. The normalized spacial score (nSPS) is 25.9. The van der Waals surface area contributed by atoms with Crippen molar-refractivity contribution in [1.29, 1.82) is 0 Å². The van der Waals surface area contributed by atoms with Gasteiger partial charge in [-0.15, -0.1) is 0 Å². The molecule has 1 aliphatic carbocycles. The lowest BCUT2D eigenvalue weighted by molar-refractivity contribution is -0.163. The zero-order chi connectivity index (χ0) is 67.0. The molecule has 5 heterocycles. The number of carbonyl (C=O) groups excluding carboxylic acids is 12. The number of hydrogen-bond donors (Lipinski definition) is 5. The molecule has 7 rings (SSSR count). The van der Waals surface area contributed by atoms with Crippen molar-refractivity contribution in [3.05, 3.63) is 44.6 Å². The average Bonchev–Trinajstić information content (AvgIpc) is 1.16. The van der Waals surface area contributed by atoms with Crippen molar-refractivity contribution in [2.45, 2.75) is 177 Å². The molecular weight excluding hydrogens is 1180 g/mol. The highest BCUT2D eigenvalue weighted by Gasteiger charge is 2.46. The monoisotopic (exact) mass is 1270 g/mol. The van der Waals surface area contributed by atoms with Crippen LogP contribution in [0.25, 0.3) is 22.6 Å². The number of benzene rings is 2. The summed E-state index contributed by atoms with van der Waals surface area (Å²) in [7, 11) is 5.59. The highest BCUT2D eigenvalue weighted by atomic mass is 16.6. The van der Waals surface area contributed by atoms with Crippen molar-refractivity contribution in [1.82, 2.24) is 55.7 Å². The summed E-state index contributed by atoms with van der Waals surface area (Å²) in [5.74, 6) is -12.4. The minimum absolute atomic E-state index is 0. The number of nitrogens with two attached hydrogens (primary N) is 1. The highest BCUT2D eigenvalue weighted by molar-refractivity contribution is 6.10. The van der Waals surface area contributed by atoms with Crippen molar-refractivity contribution in [2.24, 2.45) is 23.7 Å². The van der Waals surface area contributed by atoms with Gasteiger partial charge in [0, 0.05) is 46.8 Å². The Balaban J connectivity index is 0.0000132. The minimum atomic E-state index is -1.88. The summed E-state index contributed by atoms with van der Waals surface area (Å²) in [5, 5.41) is 10.7. The molecule has 4 saturated heterocycles. The van der Waals surface area contributed by atoms with Crippen molar-refractivity contribution < 1.29 is 71.4 Å². The Morgan fingerprint density at radius 3 is 1.44 bits per heavy atom. The predicted molar refractivity (Wildman–Crippen MR) is 332 cm³/mol. The van der Waals surface area contributed by atoms with Gasteiger partial charge in [0.1, 0.15) is 71.8 Å². The molecule has 6 aliphatic rings. The van der Waals surface area contributed by atoms with Gasteiger partial charge in [0.25, 0.3) is 11.8 Å². The van der Waals surface area contributed by atoms with Gasteiger partial charge >= 0.3 is 11.9 Å². The molecule has 4 fully saturated rings. The Morgan fingerprint density at radius 1 is 0.615 bits per heavy atom. The number of nitrogens with zero attached hydrogens (tertiary/aromatic N) is 7. The molecule has 498 valence electrons.